The molecule has 0 spiro atoms. The molecule has 2 aliphatic rings. The largest absolute Gasteiger partial charge is 0.317 e. The smallest absolute Gasteiger partial charge is 0.128 e. The van der Waals surface area contributed by atoms with Crippen LogP contribution in [-0.4, -0.2) is 48.1 Å². The first-order valence-electron chi connectivity index (χ1n) is 10.1. The molecule has 0 radical (unpaired) electrons. The minimum atomic E-state index is -0.117. The van der Waals surface area contributed by atoms with Crippen molar-refractivity contribution in [2.45, 2.75) is 37.5 Å². The van der Waals surface area contributed by atoms with Crippen LogP contribution in [0.1, 0.15) is 42.8 Å². The predicted molar refractivity (Wildman–Crippen MR) is 125 cm³/mol. The van der Waals surface area contributed by atoms with Crippen LogP contribution in [0.2, 0.25) is 5.02 Å². The van der Waals surface area contributed by atoms with Crippen molar-refractivity contribution < 1.29 is 0 Å². The van der Waals surface area contributed by atoms with E-state index in [1.54, 1.807) is 0 Å². The molecule has 3 heterocycles. The molecule has 1 aromatic carbocycles. The predicted octanol–water partition coefficient (Wildman–Crippen LogP) is 4.53. The quantitative estimate of drug-likeness (QED) is 0.732. The lowest BCUT2D eigenvalue weighted by molar-refractivity contribution is 0.217. The summed E-state index contributed by atoms with van der Waals surface area (Å²) in [6.07, 6.45) is 7.45. The molecule has 2 aromatic rings. The Morgan fingerprint density at radius 1 is 1.10 bits per heavy atom. The molecule has 4 nitrogen and oxygen atoms in total. The number of aromatic nitrogens is 2. The van der Waals surface area contributed by atoms with Crippen molar-refractivity contribution in [3.05, 3.63) is 58.6 Å². The van der Waals surface area contributed by atoms with E-state index >= 15 is 0 Å². The molecule has 2 fully saturated rings. The SMILES string of the molecule is CN1CCC(Cc2nccc(C3(c4ccccc4Cl)CCNCC3)n2)CC1.Cl.Cl. The maximum atomic E-state index is 6.64. The number of piperidine rings is 2. The lowest BCUT2D eigenvalue weighted by Gasteiger charge is -2.38. The van der Waals surface area contributed by atoms with E-state index in [2.05, 4.69) is 40.4 Å². The van der Waals surface area contributed by atoms with Crippen LogP contribution < -0.4 is 5.32 Å². The highest BCUT2D eigenvalue weighted by atomic mass is 35.5. The number of rotatable bonds is 4. The van der Waals surface area contributed by atoms with Crippen molar-refractivity contribution in [2.75, 3.05) is 33.2 Å². The van der Waals surface area contributed by atoms with E-state index in [9.17, 15) is 0 Å². The van der Waals surface area contributed by atoms with Gasteiger partial charge in [0.2, 0.25) is 0 Å². The summed E-state index contributed by atoms with van der Waals surface area (Å²) in [5, 5.41) is 4.33. The van der Waals surface area contributed by atoms with Gasteiger partial charge in [-0.3, -0.25) is 0 Å². The Hall–Kier alpha value is -0.910. The van der Waals surface area contributed by atoms with Crippen LogP contribution in [-0.2, 0) is 11.8 Å². The Bertz CT molecular complexity index is 772. The molecule has 0 amide bonds. The standard InChI is InChI=1S/C22H29ClN4.2ClH/c1-27-14-7-17(8-15-27)16-21-25-11-6-20(26-21)22(9-12-24-13-10-22)18-4-2-3-5-19(18)23;;/h2-6,11,17,24H,7-10,12-16H2,1H3;2*1H. The minimum Gasteiger partial charge on any atom is -0.317 e. The molecule has 0 bridgehead atoms. The normalized spacial score (nSPS) is 19.8. The number of halogens is 3. The van der Waals surface area contributed by atoms with Gasteiger partial charge in [-0.25, -0.2) is 9.97 Å². The molecule has 160 valence electrons. The van der Waals surface area contributed by atoms with Gasteiger partial charge < -0.3 is 10.2 Å². The Labute approximate surface area is 191 Å². The number of hydrogen-bond acceptors (Lipinski definition) is 4. The van der Waals surface area contributed by atoms with Crippen molar-refractivity contribution in [2.24, 2.45) is 5.92 Å². The molecule has 0 atom stereocenters. The van der Waals surface area contributed by atoms with E-state index in [0.717, 1.165) is 48.9 Å². The molecular formula is C22H31Cl3N4. The minimum absolute atomic E-state index is 0. The topological polar surface area (TPSA) is 41.1 Å². The molecule has 0 saturated carbocycles. The molecule has 7 heteroatoms. The van der Waals surface area contributed by atoms with E-state index in [0.29, 0.717) is 5.92 Å². The van der Waals surface area contributed by atoms with Gasteiger partial charge in [0, 0.05) is 23.1 Å². The van der Waals surface area contributed by atoms with Gasteiger partial charge in [0.1, 0.15) is 5.82 Å². The molecule has 0 aliphatic carbocycles. The van der Waals surface area contributed by atoms with E-state index in [1.807, 2.05) is 18.3 Å². The monoisotopic (exact) mass is 456 g/mol. The van der Waals surface area contributed by atoms with E-state index in [-0.39, 0.29) is 30.2 Å². The lowest BCUT2D eigenvalue weighted by atomic mass is 9.70. The number of hydrogen-bond donors (Lipinski definition) is 1. The summed E-state index contributed by atoms with van der Waals surface area (Å²) in [5.74, 6) is 1.69. The fourth-order valence-corrected chi connectivity index (χ4v) is 4.97. The third-order valence-corrected chi connectivity index (χ3v) is 6.68. The molecule has 1 N–H and O–H groups in total. The van der Waals surface area contributed by atoms with Crippen molar-refractivity contribution in [3.8, 4) is 0 Å². The highest BCUT2D eigenvalue weighted by Gasteiger charge is 2.38. The van der Waals surface area contributed by atoms with Crippen LogP contribution in [0, 0.1) is 5.92 Å². The summed E-state index contributed by atoms with van der Waals surface area (Å²) in [4.78, 5) is 12.1. The van der Waals surface area contributed by atoms with Crippen LogP contribution in [0.25, 0.3) is 0 Å². The van der Waals surface area contributed by atoms with Crippen LogP contribution in [0.4, 0.5) is 0 Å². The average molecular weight is 458 g/mol. The van der Waals surface area contributed by atoms with Crippen LogP contribution in [0.3, 0.4) is 0 Å². The van der Waals surface area contributed by atoms with Crippen molar-refractivity contribution in [1.82, 2.24) is 20.2 Å². The number of likely N-dealkylation sites (tertiary alicyclic amines) is 1. The molecule has 29 heavy (non-hydrogen) atoms. The highest BCUT2D eigenvalue weighted by Crippen LogP contribution is 2.42. The third kappa shape index (κ3) is 5.42. The van der Waals surface area contributed by atoms with Gasteiger partial charge in [-0.2, -0.15) is 0 Å². The second-order valence-corrected chi connectivity index (χ2v) is 8.53. The number of nitrogens with zero attached hydrogens (tertiary/aromatic N) is 3. The fraction of sp³-hybridized carbons (Fsp3) is 0.545. The van der Waals surface area contributed by atoms with Gasteiger partial charge in [0.25, 0.3) is 0 Å². The van der Waals surface area contributed by atoms with Crippen molar-refractivity contribution in [3.63, 3.8) is 0 Å². The Kier molecular flexibility index (Phi) is 9.17. The van der Waals surface area contributed by atoms with Crippen molar-refractivity contribution >= 4 is 36.4 Å². The first-order valence-corrected chi connectivity index (χ1v) is 10.5. The molecule has 2 saturated heterocycles. The maximum absolute atomic E-state index is 6.64. The number of nitrogens with one attached hydrogen (secondary N) is 1. The second-order valence-electron chi connectivity index (χ2n) is 8.12. The lowest BCUT2D eigenvalue weighted by Crippen LogP contribution is -2.41. The Morgan fingerprint density at radius 3 is 2.48 bits per heavy atom. The van der Waals surface area contributed by atoms with Crippen LogP contribution in [0.5, 0.6) is 0 Å². The Morgan fingerprint density at radius 2 is 1.79 bits per heavy atom. The van der Waals surface area contributed by atoms with E-state index < -0.39 is 0 Å². The maximum Gasteiger partial charge on any atom is 0.128 e. The molecule has 2 aliphatic heterocycles. The van der Waals surface area contributed by atoms with Gasteiger partial charge >= 0.3 is 0 Å². The van der Waals surface area contributed by atoms with E-state index in [1.165, 1.54) is 31.5 Å². The van der Waals surface area contributed by atoms with Gasteiger partial charge in [0.15, 0.2) is 0 Å². The van der Waals surface area contributed by atoms with Crippen LogP contribution >= 0.6 is 36.4 Å². The zero-order valence-electron chi connectivity index (χ0n) is 16.9. The third-order valence-electron chi connectivity index (χ3n) is 6.35. The molecule has 0 unspecified atom stereocenters. The summed E-state index contributed by atoms with van der Waals surface area (Å²) >= 11 is 6.64. The highest BCUT2D eigenvalue weighted by molar-refractivity contribution is 6.31. The van der Waals surface area contributed by atoms with E-state index in [4.69, 9.17) is 16.6 Å². The first kappa shape index (κ1) is 24.4. The summed E-state index contributed by atoms with van der Waals surface area (Å²) in [7, 11) is 2.21. The zero-order valence-corrected chi connectivity index (χ0v) is 19.3. The second kappa shape index (κ2) is 10.9. The summed E-state index contributed by atoms with van der Waals surface area (Å²) in [5.41, 5.74) is 2.22. The Balaban J connectivity index is 0.00000150. The average Bonchev–Trinajstić information content (AvgIpc) is 2.71. The molecular weight excluding hydrogens is 427 g/mol. The first-order chi connectivity index (χ1) is 13.2. The summed E-state index contributed by atoms with van der Waals surface area (Å²) in [6, 6.07) is 10.4. The zero-order chi connectivity index (χ0) is 18.7. The van der Waals surface area contributed by atoms with Crippen LogP contribution in [0.15, 0.2) is 36.5 Å². The van der Waals surface area contributed by atoms with Crippen molar-refractivity contribution in [1.29, 1.82) is 0 Å². The summed E-state index contributed by atoms with van der Waals surface area (Å²) in [6.45, 7) is 4.33. The van der Waals surface area contributed by atoms with Gasteiger partial charge in [0.05, 0.1) is 5.69 Å². The fourth-order valence-electron chi connectivity index (χ4n) is 4.65. The summed E-state index contributed by atoms with van der Waals surface area (Å²) < 4.78 is 0. The number of benzene rings is 1. The van der Waals surface area contributed by atoms with Gasteiger partial charge in [-0.15, -0.1) is 24.8 Å². The van der Waals surface area contributed by atoms with Gasteiger partial charge in [-0.05, 0) is 82.5 Å². The molecule has 4 rings (SSSR count). The van der Waals surface area contributed by atoms with Gasteiger partial charge in [-0.1, -0.05) is 29.8 Å². The molecule has 1 aromatic heterocycles.